The minimum absolute atomic E-state index is 0.0269. The van der Waals surface area contributed by atoms with Crippen molar-refractivity contribution in [3.05, 3.63) is 93.0 Å². The van der Waals surface area contributed by atoms with E-state index >= 15 is 0 Å². The van der Waals surface area contributed by atoms with E-state index in [1.54, 1.807) is 12.1 Å². The lowest BCUT2D eigenvalue weighted by molar-refractivity contribution is -0.137. The van der Waals surface area contributed by atoms with Crippen molar-refractivity contribution in [1.82, 2.24) is 4.98 Å². The van der Waals surface area contributed by atoms with Crippen LogP contribution in [-0.2, 0) is 12.8 Å². The number of aryl methyl sites for hydroxylation is 1. The summed E-state index contributed by atoms with van der Waals surface area (Å²) >= 11 is 5.81. The fraction of sp³-hybridized carbons (Fsp3) is 0.231. The third kappa shape index (κ3) is 5.48. The summed E-state index contributed by atoms with van der Waals surface area (Å²) in [5, 5.41) is 9.58. The molecule has 1 N–H and O–H groups in total. The molecule has 0 saturated carbocycles. The van der Waals surface area contributed by atoms with Gasteiger partial charge in [-0.15, -0.1) is 0 Å². The second-order valence-corrected chi connectivity index (χ2v) is 8.70. The van der Waals surface area contributed by atoms with Crippen LogP contribution in [0.25, 0.3) is 11.1 Å². The van der Waals surface area contributed by atoms with Crippen molar-refractivity contribution < 1.29 is 32.2 Å². The van der Waals surface area contributed by atoms with Crippen molar-refractivity contribution in [2.75, 3.05) is 0 Å². The van der Waals surface area contributed by atoms with Gasteiger partial charge < -0.3 is 9.84 Å². The molecule has 0 radical (unpaired) electrons. The van der Waals surface area contributed by atoms with Crippen LogP contribution in [0.2, 0.25) is 5.02 Å². The molecular weight excluding hydrogens is 486 g/mol. The van der Waals surface area contributed by atoms with E-state index in [1.807, 2.05) is 19.1 Å². The molecule has 0 aliphatic heterocycles. The normalized spacial score (nSPS) is 13.9. The van der Waals surface area contributed by atoms with E-state index < -0.39 is 29.2 Å². The monoisotopic (exact) mass is 505 g/mol. The van der Waals surface area contributed by atoms with Crippen LogP contribution in [0, 0.1) is 12.7 Å². The van der Waals surface area contributed by atoms with Crippen LogP contribution in [0.4, 0.5) is 17.6 Å². The first kappa shape index (κ1) is 24.7. The minimum Gasteiger partial charge on any atom is -0.488 e. The van der Waals surface area contributed by atoms with Crippen LogP contribution in [0.5, 0.6) is 5.75 Å². The molecule has 182 valence electrons. The zero-order valence-corrected chi connectivity index (χ0v) is 19.3. The van der Waals surface area contributed by atoms with Gasteiger partial charge in [0.15, 0.2) is 0 Å². The molecule has 0 bridgehead atoms. The van der Waals surface area contributed by atoms with Gasteiger partial charge in [0.1, 0.15) is 23.9 Å². The van der Waals surface area contributed by atoms with Crippen LogP contribution in [0.3, 0.4) is 0 Å². The van der Waals surface area contributed by atoms with Crippen molar-refractivity contribution >= 4 is 28.7 Å². The van der Waals surface area contributed by atoms with Crippen LogP contribution < -0.4 is 4.74 Å². The van der Waals surface area contributed by atoms with Gasteiger partial charge in [-0.1, -0.05) is 29.3 Å². The molecule has 2 aromatic carbocycles. The number of pyridine rings is 1. The van der Waals surface area contributed by atoms with Gasteiger partial charge in [0.05, 0.1) is 11.3 Å². The lowest BCUT2D eigenvalue weighted by atomic mass is 9.96. The van der Waals surface area contributed by atoms with E-state index in [0.29, 0.717) is 47.8 Å². The number of alkyl halides is 3. The summed E-state index contributed by atoms with van der Waals surface area (Å²) in [5.74, 6) is -1.62. The number of carboxylic acid groups (broad SMARTS) is 1. The third-order valence-corrected chi connectivity index (χ3v) is 5.99. The van der Waals surface area contributed by atoms with Gasteiger partial charge in [-0.25, -0.2) is 14.2 Å². The van der Waals surface area contributed by atoms with Crippen LogP contribution in [0.15, 0.2) is 48.5 Å². The highest BCUT2D eigenvalue weighted by atomic mass is 35.5. The summed E-state index contributed by atoms with van der Waals surface area (Å²) in [7, 11) is 0. The number of ether oxygens (including phenoxy) is 1. The number of nitrogens with zero attached hydrogens (tertiary/aromatic N) is 1. The predicted octanol–water partition coefficient (Wildman–Crippen LogP) is 7.57. The Morgan fingerprint density at radius 3 is 2.51 bits per heavy atom. The zero-order chi connectivity index (χ0) is 25.3. The summed E-state index contributed by atoms with van der Waals surface area (Å²) in [6.07, 6.45) is -3.08. The molecule has 0 unspecified atom stereocenters. The van der Waals surface area contributed by atoms with Gasteiger partial charge in [-0.05, 0) is 73.7 Å². The Kier molecular flexibility index (Phi) is 6.85. The number of rotatable bonds is 6. The molecule has 0 fully saturated rings. The lowest BCUT2D eigenvalue weighted by Gasteiger charge is -2.16. The second-order valence-electron chi connectivity index (χ2n) is 8.26. The van der Waals surface area contributed by atoms with E-state index in [0.717, 1.165) is 17.2 Å². The Bertz CT molecular complexity index is 1330. The molecule has 35 heavy (non-hydrogen) atoms. The number of carboxylic acids is 1. The minimum atomic E-state index is -4.72. The van der Waals surface area contributed by atoms with Crippen molar-refractivity contribution in [3.63, 3.8) is 0 Å². The highest BCUT2D eigenvalue weighted by molar-refractivity contribution is 6.30. The molecule has 1 aromatic heterocycles. The Labute approximate surface area is 203 Å². The number of allylic oxidation sites excluding steroid dienone is 2. The van der Waals surface area contributed by atoms with Crippen molar-refractivity contribution in [3.8, 4) is 5.75 Å². The molecular formula is C26H20ClF4NO3. The summed E-state index contributed by atoms with van der Waals surface area (Å²) < 4.78 is 60.5. The number of carbonyl (C=O) groups is 1. The van der Waals surface area contributed by atoms with Gasteiger partial charge in [-0.3, -0.25) is 0 Å². The molecule has 4 rings (SSSR count). The van der Waals surface area contributed by atoms with Gasteiger partial charge in [-0.2, -0.15) is 13.2 Å². The first-order valence-corrected chi connectivity index (χ1v) is 11.1. The van der Waals surface area contributed by atoms with E-state index in [1.165, 1.54) is 12.1 Å². The molecule has 1 aliphatic rings. The first-order valence-electron chi connectivity index (χ1n) is 10.8. The average Bonchev–Trinajstić information content (AvgIpc) is 3.28. The summed E-state index contributed by atoms with van der Waals surface area (Å²) in [6.45, 7) is 1.79. The van der Waals surface area contributed by atoms with Gasteiger partial charge in [0.2, 0.25) is 0 Å². The standard InChI is InChI=1S/C26H20ClF4NO3/c1-14-5-8-24(35-13-15-6-7-17(27)12-21(15)28)20(9-14)18-3-2-4-19(18)22-10-16(26(29,30)31)11-23(32-22)25(33)34/h5-12H,2-4,13H2,1H3,(H,33,34). The van der Waals surface area contributed by atoms with Crippen LogP contribution in [-0.4, -0.2) is 16.1 Å². The highest BCUT2D eigenvalue weighted by Crippen LogP contribution is 2.44. The smallest absolute Gasteiger partial charge is 0.416 e. The zero-order valence-electron chi connectivity index (χ0n) is 18.5. The van der Waals surface area contributed by atoms with Gasteiger partial charge in [0, 0.05) is 16.1 Å². The average molecular weight is 506 g/mol. The molecule has 1 heterocycles. The maximum Gasteiger partial charge on any atom is 0.416 e. The molecule has 0 saturated heterocycles. The third-order valence-electron chi connectivity index (χ3n) is 5.76. The van der Waals surface area contributed by atoms with Gasteiger partial charge in [0.25, 0.3) is 0 Å². The Hall–Kier alpha value is -3.39. The van der Waals surface area contributed by atoms with Crippen molar-refractivity contribution in [2.45, 2.75) is 39.0 Å². The first-order chi connectivity index (χ1) is 16.5. The molecule has 1 aliphatic carbocycles. The Morgan fingerprint density at radius 1 is 1.09 bits per heavy atom. The van der Waals surface area contributed by atoms with Crippen molar-refractivity contribution in [2.24, 2.45) is 0 Å². The number of aromatic carboxylic acids is 1. The molecule has 0 spiro atoms. The summed E-state index contributed by atoms with van der Waals surface area (Å²) in [4.78, 5) is 15.5. The maximum absolute atomic E-state index is 14.2. The molecule has 0 amide bonds. The Morgan fingerprint density at radius 2 is 1.83 bits per heavy atom. The van der Waals surface area contributed by atoms with E-state index in [4.69, 9.17) is 16.3 Å². The SMILES string of the molecule is Cc1ccc(OCc2ccc(Cl)cc2F)c(C2=C(c3cc(C(F)(F)F)cc(C(=O)O)n3)CCC2)c1. The van der Waals surface area contributed by atoms with Crippen LogP contribution in [0.1, 0.15) is 57.7 Å². The fourth-order valence-electron chi connectivity index (χ4n) is 4.08. The van der Waals surface area contributed by atoms with Gasteiger partial charge >= 0.3 is 12.1 Å². The van der Waals surface area contributed by atoms with Crippen LogP contribution >= 0.6 is 11.6 Å². The topological polar surface area (TPSA) is 59.4 Å². The predicted molar refractivity (Wildman–Crippen MR) is 124 cm³/mol. The Balaban J connectivity index is 1.78. The maximum atomic E-state index is 14.2. The number of hydrogen-bond acceptors (Lipinski definition) is 3. The highest BCUT2D eigenvalue weighted by Gasteiger charge is 2.33. The molecule has 3 aromatic rings. The number of halogens is 5. The fourth-order valence-corrected chi connectivity index (χ4v) is 4.24. The molecule has 9 heteroatoms. The number of benzene rings is 2. The second kappa shape index (κ2) is 9.70. The largest absolute Gasteiger partial charge is 0.488 e. The summed E-state index contributed by atoms with van der Waals surface area (Å²) in [5.41, 5.74) is 1.34. The van der Waals surface area contributed by atoms with Crippen molar-refractivity contribution in [1.29, 1.82) is 0 Å². The number of hydrogen-bond donors (Lipinski definition) is 1. The quantitative estimate of drug-likeness (QED) is 0.351. The lowest BCUT2D eigenvalue weighted by Crippen LogP contribution is -2.11. The molecule has 4 nitrogen and oxygen atoms in total. The molecule has 0 atom stereocenters. The van der Waals surface area contributed by atoms with E-state index in [2.05, 4.69) is 4.98 Å². The van der Waals surface area contributed by atoms with E-state index in [-0.39, 0.29) is 17.3 Å². The number of aromatic nitrogens is 1. The summed E-state index contributed by atoms with van der Waals surface area (Å²) in [6, 6.07) is 11.1. The van der Waals surface area contributed by atoms with E-state index in [9.17, 15) is 27.5 Å².